The van der Waals surface area contributed by atoms with Crippen LogP contribution in [0.1, 0.15) is 17.3 Å². The number of hydrogen-bond acceptors (Lipinski definition) is 2. The van der Waals surface area contributed by atoms with E-state index in [2.05, 4.69) is 0 Å². The van der Waals surface area contributed by atoms with Gasteiger partial charge in [-0.1, -0.05) is 0 Å². The van der Waals surface area contributed by atoms with Gasteiger partial charge in [-0.05, 0) is 31.2 Å². The molecule has 16 heavy (non-hydrogen) atoms. The Hall–Kier alpha value is -1.43. The number of halogens is 4. The number of benzene rings is 1. The molecule has 0 aliphatic carbocycles. The number of Topliss-reactive ketones (excluding diaryl/α,β-unsaturated/α-hetero) is 1. The Bertz CT molecular complexity index is 394. The summed E-state index contributed by atoms with van der Waals surface area (Å²) in [6, 6.07) is 3.74. The zero-order valence-electron chi connectivity index (χ0n) is 8.31. The minimum atomic E-state index is -4.85. The number of hydrogen-bond donors (Lipinski definition) is 1. The van der Waals surface area contributed by atoms with Crippen LogP contribution < -0.4 is 5.73 Å². The van der Waals surface area contributed by atoms with E-state index in [-0.39, 0.29) is 5.56 Å². The minimum Gasteiger partial charge on any atom is -0.311 e. The van der Waals surface area contributed by atoms with E-state index in [1.807, 2.05) is 0 Å². The van der Waals surface area contributed by atoms with Crippen LogP contribution in [0.2, 0.25) is 0 Å². The van der Waals surface area contributed by atoms with E-state index in [1.165, 1.54) is 0 Å². The Labute approximate surface area is 89.1 Å². The Morgan fingerprint density at radius 2 is 1.62 bits per heavy atom. The molecule has 88 valence electrons. The maximum absolute atomic E-state index is 12.5. The second-order valence-electron chi connectivity index (χ2n) is 3.54. The van der Waals surface area contributed by atoms with Crippen LogP contribution in [-0.4, -0.2) is 17.5 Å². The fourth-order valence-corrected chi connectivity index (χ4v) is 1.03. The quantitative estimate of drug-likeness (QED) is 0.631. The third kappa shape index (κ3) is 2.21. The third-order valence-electron chi connectivity index (χ3n) is 2.17. The van der Waals surface area contributed by atoms with Crippen LogP contribution in [0.15, 0.2) is 24.3 Å². The molecule has 2 nitrogen and oxygen atoms in total. The number of carbonyl (C=O) groups is 1. The lowest BCUT2D eigenvalue weighted by Crippen LogP contribution is -2.57. The average Bonchev–Trinajstić information content (AvgIpc) is 2.16. The maximum Gasteiger partial charge on any atom is 0.413 e. The van der Waals surface area contributed by atoms with Gasteiger partial charge in [-0.15, -0.1) is 0 Å². The van der Waals surface area contributed by atoms with Gasteiger partial charge in [0, 0.05) is 5.56 Å². The first-order chi connectivity index (χ1) is 7.16. The fourth-order valence-electron chi connectivity index (χ4n) is 1.03. The highest BCUT2D eigenvalue weighted by Crippen LogP contribution is 2.30. The molecule has 0 spiro atoms. The molecule has 0 aliphatic rings. The van der Waals surface area contributed by atoms with E-state index >= 15 is 0 Å². The molecule has 0 aromatic heterocycles. The molecule has 0 heterocycles. The molecular formula is C10H9F4NO. The van der Waals surface area contributed by atoms with Gasteiger partial charge in [0.1, 0.15) is 5.82 Å². The lowest BCUT2D eigenvalue weighted by Gasteiger charge is -2.25. The van der Waals surface area contributed by atoms with Gasteiger partial charge in [-0.25, -0.2) is 4.39 Å². The van der Waals surface area contributed by atoms with Gasteiger partial charge in [0.15, 0.2) is 11.3 Å². The molecule has 0 bridgehead atoms. The molecule has 0 saturated carbocycles. The van der Waals surface area contributed by atoms with Gasteiger partial charge in [0.25, 0.3) is 0 Å². The molecule has 1 aromatic carbocycles. The number of nitrogens with two attached hydrogens (primary N) is 1. The number of alkyl halides is 3. The van der Waals surface area contributed by atoms with Crippen molar-refractivity contribution in [2.24, 2.45) is 5.73 Å². The van der Waals surface area contributed by atoms with Crippen molar-refractivity contribution in [2.45, 2.75) is 18.6 Å². The molecule has 2 N–H and O–H groups in total. The van der Waals surface area contributed by atoms with Crippen LogP contribution in [0, 0.1) is 5.82 Å². The zero-order chi connectivity index (χ0) is 12.6. The van der Waals surface area contributed by atoms with Gasteiger partial charge >= 0.3 is 6.18 Å². The number of carbonyl (C=O) groups excluding carboxylic acids is 1. The highest BCUT2D eigenvalue weighted by Gasteiger charge is 2.53. The van der Waals surface area contributed by atoms with E-state index in [1.54, 1.807) is 0 Å². The lowest BCUT2D eigenvalue weighted by atomic mass is 9.91. The molecule has 0 amide bonds. The van der Waals surface area contributed by atoms with Crippen molar-refractivity contribution in [3.63, 3.8) is 0 Å². The molecule has 1 rings (SSSR count). The number of ketones is 1. The summed E-state index contributed by atoms with van der Waals surface area (Å²) in [5, 5.41) is 0. The van der Waals surface area contributed by atoms with Gasteiger partial charge in [0.2, 0.25) is 0 Å². The molecule has 6 heteroatoms. The molecule has 0 radical (unpaired) electrons. The summed E-state index contributed by atoms with van der Waals surface area (Å²) in [5.74, 6) is -1.93. The van der Waals surface area contributed by atoms with Crippen LogP contribution in [0.5, 0.6) is 0 Å². The van der Waals surface area contributed by atoms with Crippen molar-refractivity contribution < 1.29 is 22.4 Å². The molecule has 0 aliphatic heterocycles. The van der Waals surface area contributed by atoms with Crippen molar-refractivity contribution >= 4 is 5.78 Å². The third-order valence-corrected chi connectivity index (χ3v) is 2.17. The number of rotatable bonds is 2. The second kappa shape index (κ2) is 3.86. The van der Waals surface area contributed by atoms with Gasteiger partial charge in [-0.3, -0.25) is 4.79 Å². The van der Waals surface area contributed by atoms with Crippen LogP contribution in [0.25, 0.3) is 0 Å². The van der Waals surface area contributed by atoms with Gasteiger partial charge in [-0.2, -0.15) is 13.2 Å². The van der Waals surface area contributed by atoms with E-state index in [0.29, 0.717) is 6.92 Å². The van der Waals surface area contributed by atoms with Gasteiger partial charge in [0.05, 0.1) is 0 Å². The summed E-state index contributed by atoms with van der Waals surface area (Å²) in [4.78, 5) is 11.5. The van der Waals surface area contributed by atoms with Crippen molar-refractivity contribution in [1.29, 1.82) is 0 Å². The Morgan fingerprint density at radius 1 is 1.19 bits per heavy atom. The van der Waals surface area contributed by atoms with Crippen LogP contribution in [0.4, 0.5) is 17.6 Å². The van der Waals surface area contributed by atoms with E-state index < -0.39 is 23.3 Å². The van der Waals surface area contributed by atoms with Gasteiger partial charge < -0.3 is 5.73 Å². The van der Waals surface area contributed by atoms with Crippen LogP contribution in [-0.2, 0) is 0 Å². The normalized spacial score (nSPS) is 15.6. The lowest BCUT2D eigenvalue weighted by molar-refractivity contribution is -0.165. The average molecular weight is 235 g/mol. The van der Waals surface area contributed by atoms with E-state index in [9.17, 15) is 22.4 Å². The molecular weight excluding hydrogens is 226 g/mol. The zero-order valence-corrected chi connectivity index (χ0v) is 8.31. The van der Waals surface area contributed by atoms with Crippen molar-refractivity contribution in [3.05, 3.63) is 35.6 Å². The van der Waals surface area contributed by atoms with Crippen molar-refractivity contribution in [1.82, 2.24) is 0 Å². The predicted molar refractivity (Wildman–Crippen MR) is 49.4 cm³/mol. The Morgan fingerprint density at radius 3 is 2.00 bits per heavy atom. The van der Waals surface area contributed by atoms with Crippen LogP contribution in [0.3, 0.4) is 0 Å². The Balaban J connectivity index is 3.07. The minimum absolute atomic E-state index is 0.274. The summed E-state index contributed by atoms with van der Waals surface area (Å²) in [5.41, 5.74) is 1.70. The van der Waals surface area contributed by atoms with E-state index in [4.69, 9.17) is 5.73 Å². The topological polar surface area (TPSA) is 43.1 Å². The highest BCUT2D eigenvalue weighted by molar-refractivity contribution is 6.03. The van der Waals surface area contributed by atoms with Crippen molar-refractivity contribution in [3.8, 4) is 0 Å². The van der Waals surface area contributed by atoms with Crippen LogP contribution >= 0.6 is 0 Å². The summed E-state index contributed by atoms with van der Waals surface area (Å²) in [6.07, 6.45) is -4.85. The first-order valence-electron chi connectivity index (χ1n) is 4.32. The molecule has 0 fully saturated rings. The molecule has 1 atom stereocenters. The Kier molecular flexibility index (Phi) is 3.05. The summed E-state index contributed by atoms with van der Waals surface area (Å²) in [6.45, 7) is 0.582. The molecule has 0 saturated heterocycles. The monoisotopic (exact) mass is 235 g/mol. The molecule has 1 unspecified atom stereocenters. The fraction of sp³-hybridized carbons (Fsp3) is 0.300. The summed E-state index contributed by atoms with van der Waals surface area (Å²) < 4.78 is 49.8. The second-order valence-corrected chi connectivity index (χ2v) is 3.54. The van der Waals surface area contributed by atoms with E-state index in [0.717, 1.165) is 24.3 Å². The first kappa shape index (κ1) is 12.6. The van der Waals surface area contributed by atoms with Crippen molar-refractivity contribution in [2.75, 3.05) is 0 Å². The first-order valence-corrected chi connectivity index (χ1v) is 4.32. The molecule has 1 aromatic rings. The highest BCUT2D eigenvalue weighted by atomic mass is 19.4. The summed E-state index contributed by atoms with van der Waals surface area (Å²) >= 11 is 0. The predicted octanol–water partition coefficient (Wildman–Crippen LogP) is 2.29. The standard InChI is InChI=1S/C10H9F4NO/c1-9(15,10(12,13)14)8(16)6-2-4-7(11)5-3-6/h2-5H,15H2,1H3. The largest absolute Gasteiger partial charge is 0.413 e. The summed E-state index contributed by atoms with van der Waals surface area (Å²) in [7, 11) is 0. The smallest absolute Gasteiger partial charge is 0.311 e. The maximum atomic E-state index is 12.5. The SMILES string of the molecule is CC(N)(C(=O)c1ccc(F)cc1)C(F)(F)F.